The zero-order valence-electron chi connectivity index (χ0n) is 17.3. The van der Waals surface area contributed by atoms with Gasteiger partial charge in [-0.15, -0.1) is 0 Å². The Hall–Kier alpha value is -4.02. The molecule has 4 rings (SSSR count). The molecule has 1 aliphatic heterocycles. The van der Waals surface area contributed by atoms with Crippen molar-refractivity contribution in [1.82, 2.24) is 10.2 Å². The lowest BCUT2D eigenvalue weighted by Gasteiger charge is -2.23. The van der Waals surface area contributed by atoms with E-state index < -0.39 is 24.3 Å². The van der Waals surface area contributed by atoms with Crippen molar-refractivity contribution in [3.63, 3.8) is 0 Å². The van der Waals surface area contributed by atoms with Crippen LogP contribution in [0.1, 0.15) is 45.0 Å². The Morgan fingerprint density at radius 3 is 2.70 bits per heavy atom. The molecule has 3 aromatic rings. The Kier molecular flexibility index (Phi) is 5.71. The van der Waals surface area contributed by atoms with Gasteiger partial charge in [-0.05, 0) is 29.8 Å². The van der Waals surface area contributed by atoms with Crippen LogP contribution in [-0.4, -0.2) is 29.1 Å². The van der Waals surface area contributed by atoms with E-state index >= 15 is 0 Å². The van der Waals surface area contributed by atoms with Gasteiger partial charge in [-0.1, -0.05) is 12.1 Å². The fourth-order valence-corrected chi connectivity index (χ4v) is 3.74. The molecule has 4 N–H and O–H groups in total. The monoisotopic (exact) mass is 460 g/mol. The molecule has 8 nitrogen and oxygen atoms in total. The van der Waals surface area contributed by atoms with Crippen LogP contribution in [0.5, 0.6) is 11.5 Å². The lowest BCUT2D eigenvalue weighted by Crippen LogP contribution is -2.23. The summed E-state index contributed by atoms with van der Waals surface area (Å²) in [6, 6.07) is 8.05. The van der Waals surface area contributed by atoms with Crippen LogP contribution in [0.15, 0.2) is 42.6 Å². The second-order valence-corrected chi connectivity index (χ2v) is 7.43. The van der Waals surface area contributed by atoms with E-state index in [0.29, 0.717) is 17.6 Å². The van der Waals surface area contributed by atoms with Crippen LogP contribution in [0.4, 0.5) is 19.0 Å². The van der Waals surface area contributed by atoms with Gasteiger partial charge in [0.2, 0.25) is 11.8 Å². The number of rotatable bonds is 6. The number of carbonyl (C=O) groups excluding carboxylic acids is 2. The van der Waals surface area contributed by atoms with Crippen LogP contribution in [0.2, 0.25) is 0 Å². The third-order valence-corrected chi connectivity index (χ3v) is 5.37. The molecule has 172 valence electrons. The summed E-state index contributed by atoms with van der Waals surface area (Å²) in [6.45, 7) is -0.415. The van der Waals surface area contributed by atoms with Gasteiger partial charge in [-0.25, -0.2) is 0 Å². The molecule has 0 spiro atoms. The van der Waals surface area contributed by atoms with Crippen molar-refractivity contribution in [2.75, 3.05) is 12.4 Å². The quantitative estimate of drug-likeness (QED) is 0.520. The summed E-state index contributed by atoms with van der Waals surface area (Å²) < 4.78 is 51.4. The number of nitrogens with zero attached hydrogens (tertiary/aromatic N) is 1. The maximum Gasteiger partial charge on any atom is 0.416 e. The molecule has 2 amide bonds. The van der Waals surface area contributed by atoms with Crippen LogP contribution in [0.3, 0.4) is 0 Å². The summed E-state index contributed by atoms with van der Waals surface area (Å²) >= 11 is 0. The number of aromatic amines is 1. The summed E-state index contributed by atoms with van der Waals surface area (Å²) in [6.07, 6.45) is -2.79. The van der Waals surface area contributed by atoms with E-state index in [-0.39, 0.29) is 35.1 Å². The minimum absolute atomic E-state index is 0.161. The van der Waals surface area contributed by atoms with Crippen molar-refractivity contribution < 1.29 is 32.2 Å². The van der Waals surface area contributed by atoms with Gasteiger partial charge in [-0.2, -0.15) is 18.3 Å². The van der Waals surface area contributed by atoms with Crippen LogP contribution in [0, 0.1) is 0 Å². The van der Waals surface area contributed by atoms with Gasteiger partial charge >= 0.3 is 6.18 Å². The molecule has 0 saturated carbocycles. The number of nitrogens with two attached hydrogens (primary N) is 1. The molecule has 2 aromatic carbocycles. The van der Waals surface area contributed by atoms with Gasteiger partial charge < -0.3 is 20.5 Å². The number of anilines is 1. The normalized spacial score (nSPS) is 15.5. The van der Waals surface area contributed by atoms with Crippen molar-refractivity contribution >= 4 is 17.6 Å². The molecule has 1 aromatic heterocycles. The number of carbonyl (C=O) groups is 2. The minimum atomic E-state index is -4.69. The molecule has 11 heteroatoms. The van der Waals surface area contributed by atoms with E-state index in [2.05, 4.69) is 15.5 Å². The van der Waals surface area contributed by atoms with Crippen LogP contribution < -0.4 is 20.5 Å². The van der Waals surface area contributed by atoms with Crippen molar-refractivity contribution in [3.8, 4) is 11.5 Å². The smallest absolute Gasteiger partial charge is 0.416 e. The van der Waals surface area contributed by atoms with E-state index in [0.717, 1.165) is 17.2 Å². The highest BCUT2D eigenvalue weighted by atomic mass is 19.4. The van der Waals surface area contributed by atoms with Crippen LogP contribution in [0.25, 0.3) is 0 Å². The number of H-pyrrole nitrogens is 1. The number of methoxy groups -OCH3 is 1. The van der Waals surface area contributed by atoms with Crippen LogP contribution >= 0.6 is 0 Å². The number of benzene rings is 2. The first-order valence-corrected chi connectivity index (χ1v) is 9.81. The summed E-state index contributed by atoms with van der Waals surface area (Å²) in [7, 11) is 1.41. The third kappa shape index (κ3) is 4.47. The van der Waals surface area contributed by atoms with E-state index in [1.54, 1.807) is 24.4 Å². The van der Waals surface area contributed by atoms with E-state index in [1.165, 1.54) is 13.2 Å². The molecule has 2 heterocycles. The second kappa shape index (κ2) is 8.49. The summed E-state index contributed by atoms with van der Waals surface area (Å²) in [5.74, 6) is -0.435. The number of nitrogens with one attached hydrogen (secondary N) is 2. The highest BCUT2D eigenvalue weighted by molar-refractivity contribution is 5.94. The van der Waals surface area contributed by atoms with Gasteiger partial charge in [0.05, 0.1) is 12.7 Å². The molecule has 1 unspecified atom stereocenters. The first kappa shape index (κ1) is 22.2. The molecular formula is C22H19F3N4O4. The Bertz CT molecular complexity index is 1220. The molecule has 0 bridgehead atoms. The highest BCUT2D eigenvalue weighted by Crippen LogP contribution is 2.40. The number of amides is 2. The summed E-state index contributed by atoms with van der Waals surface area (Å²) in [5, 5.41) is 9.43. The summed E-state index contributed by atoms with van der Waals surface area (Å²) in [5.41, 5.74) is 5.27. The molecule has 0 aliphatic carbocycles. The molecular weight excluding hydrogens is 441 g/mol. The van der Waals surface area contributed by atoms with Crippen molar-refractivity contribution in [2.24, 2.45) is 5.73 Å². The largest absolute Gasteiger partial charge is 0.493 e. The van der Waals surface area contributed by atoms with Gasteiger partial charge in [0.15, 0.2) is 17.3 Å². The predicted molar refractivity (Wildman–Crippen MR) is 111 cm³/mol. The van der Waals surface area contributed by atoms with Gasteiger partial charge in [-0.3, -0.25) is 14.7 Å². The highest BCUT2D eigenvalue weighted by Gasteiger charge is 2.34. The number of halogens is 3. The molecule has 0 fully saturated rings. The number of ether oxygens (including phenoxy) is 2. The first-order valence-electron chi connectivity index (χ1n) is 9.81. The maximum atomic E-state index is 13.5. The minimum Gasteiger partial charge on any atom is -0.493 e. The topological polar surface area (TPSA) is 119 Å². The Morgan fingerprint density at radius 2 is 2.00 bits per heavy atom. The first-order chi connectivity index (χ1) is 15.7. The van der Waals surface area contributed by atoms with E-state index in [9.17, 15) is 22.8 Å². The van der Waals surface area contributed by atoms with E-state index in [1.807, 2.05) is 0 Å². The summed E-state index contributed by atoms with van der Waals surface area (Å²) in [4.78, 5) is 23.3. The standard InChI is InChI=1S/C22H19F3N4O4/c1-32-18-7-11(14-8-19(30)28-21-15(14)9-27-29-21)4-5-17(18)33-10-13-3-2-12(20(26)31)6-16(13)22(23,24)25/h2-7,9,14H,8,10H2,1H3,(H2,26,31)(H2,27,28,29,30). The van der Waals surface area contributed by atoms with E-state index in [4.69, 9.17) is 15.2 Å². The van der Waals surface area contributed by atoms with Gasteiger partial charge in [0.1, 0.15) is 6.61 Å². The van der Waals surface area contributed by atoms with Crippen molar-refractivity contribution in [3.05, 3.63) is 70.4 Å². The molecule has 1 atom stereocenters. The number of aromatic nitrogens is 2. The fraction of sp³-hybridized carbons (Fsp3) is 0.227. The van der Waals surface area contributed by atoms with Gasteiger partial charge in [0.25, 0.3) is 0 Å². The lowest BCUT2D eigenvalue weighted by atomic mass is 9.87. The van der Waals surface area contributed by atoms with Gasteiger partial charge in [0, 0.05) is 35.2 Å². The number of hydrogen-bond acceptors (Lipinski definition) is 5. The molecule has 1 aliphatic rings. The zero-order chi connectivity index (χ0) is 23.8. The Morgan fingerprint density at radius 1 is 1.21 bits per heavy atom. The van der Waals surface area contributed by atoms with Crippen molar-refractivity contribution in [1.29, 1.82) is 0 Å². The second-order valence-electron chi connectivity index (χ2n) is 7.43. The SMILES string of the molecule is COc1cc(C2CC(=O)Nc3n[nH]cc32)ccc1OCc1ccc(C(N)=O)cc1C(F)(F)F. The Labute approximate surface area is 185 Å². The fourth-order valence-electron chi connectivity index (χ4n) is 3.74. The zero-order valence-corrected chi connectivity index (χ0v) is 17.3. The Balaban J connectivity index is 1.60. The average molecular weight is 460 g/mol. The number of fused-ring (bicyclic) bond motifs is 1. The molecule has 33 heavy (non-hydrogen) atoms. The number of primary amides is 1. The third-order valence-electron chi connectivity index (χ3n) is 5.37. The van der Waals surface area contributed by atoms with Crippen molar-refractivity contribution in [2.45, 2.75) is 25.1 Å². The van der Waals surface area contributed by atoms with Crippen LogP contribution in [-0.2, 0) is 17.6 Å². The lowest BCUT2D eigenvalue weighted by molar-refractivity contribution is -0.138. The predicted octanol–water partition coefficient (Wildman–Crippen LogP) is 3.59. The molecule has 0 saturated heterocycles. The number of hydrogen-bond donors (Lipinski definition) is 3. The number of alkyl halides is 3. The maximum absolute atomic E-state index is 13.5. The average Bonchev–Trinajstić information content (AvgIpc) is 3.24. The molecule has 0 radical (unpaired) electrons.